The lowest BCUT2D eigenvalue weighted by Crippen LogP contribution is -2.32. The van der Waals surface area contributed by atoms with Crippen LogP contribution in [0.15, 0.2) is 72.4 Å². The fourth-order valence-electron chi connectivity index (χ4n) is 3.72. The molecule has 0 unspecified atom stereocenters. The maximum Gasteiger partial charge on any atom is 0.282 e. The summed E-state index contributed by atoms with van der Waals surface area (Å²) in [6.07, 6.45) is 0. The fraction of sp³-hybridized carbons (Fsp3) is 0.0833. The molecule has 0 radical (unpaired) electrons. The smallest absolute Gasteiger partial charge is 0.282 e. The summed E-state index contributed by atoms with van der Waals surface area (Å²) >= 11 is 0. The van der Waals surface area contributed by atoms with Crippen molar-refractivity contribution in [2.45, 2.75) is 0 Å². The number of hydrogen-bond donors (Lipinski definition) is 1. The molecule has 1 N–H and O–H groups in total. The van der Waals surface area contributed by atoms with Gasteiger partial charge >= 0.3 is 0 Å². The largest absolute Gasteiger partial charge is 0.496 e. The molecule has 160 valence electrons. The zero-order valence-corrected chi connectivity index (χ0v) is 16.9. The van der Waals surface area contributed by atoms with E-state index in [1.807, 2.05) is 0 Å². The first-order chi connectivity index (χ1) is 15.6. The van der Waals surface area contributed by atoms with E-state index < -0.39 is 17.6 Å². The summed E-state index contributed by atoms with van der Waals surface area (Å²) in [7, 11) is 1.48. The summed E-state index contributed by atoms with van der Waals surface area (Å²) in [6.45, 7) is 0.110. The highest BCUT2D eigenvalue weighted by Gasteiger charge is 2.41. The van der Waals surface area contributed by atoms with Gasteiger partial charge in [0.2, 0.25) is 6.79 Å². The van der Waals surface area contributed by atoms with Crippen molar-refractivity contribution in [3.05, 3.63) is 83.8 Å². The van der Waals surface area contributed by atoms with E-state index in [0.29, 0.717) is 28.5 Å². The minimum atomic E-state index is -0.612. The number of para-hydroxylation sites is 1. The number of nitrogens with one attached hydrogen (secondary N) is 1. The van der Waals surface area contributed by atoms with Crippen LogP contribution in [0.4, 0.5) is 15.8 Å². The molecule has 8 heteroatoms. The lowest BCUT2D eigenvalue weighted by molar-refractivity contribution is -0.120. The average Bonchev–Trinajstić information content (AvgIpc) is 3.35. The monoisotopic (exact) mass is 432 g/mol. The molecule has 0 aliphatic carbocycles. The lowest BCUT2D eigenvalue weighted by Gasteiger charge is -2.15. The molecular formula is C24H17FN2O5. The first-order valence-electron chi connectivity index (χ1n) is 9.75. The molecule has 0 saturated carbocycles. The molecule has 0 atom stereocenters. The number of rotatable bonds is 5. The van der Waals surface area contributed by atoms with E-state index in [1.165, 1.54) is 25.3 Å². The van der Waals surface area contributed by atoms with E-state index in [-0.39, 0.29) is 23.8 Å². The third-order valence-corrected chi connectivity index (χ3v) is 5.17. The summed E-state index contributed by atoms with van der Waals surface area (Å²) in [5.74, 6) is -0.223. The van der Waals surface area contributed by atoms with Gasteiger partial charge in [-0.05, 0) is 36.4 Å². The Morgan fingerprint density at radius 3 is 2.56 bits per heavy atom. The molecule has 32 heavy (non-hydrogen) atoms. The van der Waals surface area contributed by atoms with Crippen LogP contribution in [0.25, 0.3) is 5.57 Å². The second kappa shape index (κ2) is 7.73. The summed E-state index contributed by atoms with van der Waals surface area (Å²) < 4.78 is 30.0. The molecular weight excluding hydrogens is 415 g/mol. The van der Waals surface area contributed by atoms with Crippen LogP contribution in [-0.4, -0.2) is 25.7 Å². The number of carbonyl (C=O) groups is 2. The molecule has 2 heterocycles. The predicted octanol–water partition coefficient (Wildman–Crippen LogP) is 3.96. The van der Waals surface area contributed by atoms with Gasteiger partial charge in [0, 0.05) is 17.3 Å². The first kappa shape index (κ1) is 19.6. The average molecular weight is 432 g/mol. The Kier molecular flexibility index (Phi) is 4.74. The van der Waals surface area contributed by atoms with E-state index >= 15 is 0 Å². The van der Waals surface area contributed by atoms with E-state index in [2.05, 4.69) is 5.32 Å². The van der Waals surface area contributed by atoms with Gasteiger partial charge in [-0.25, -0.2) is 9.29 Å². The third-order valence-electron chi connectivity index (χ3n) is 5.17. The van der Waals surface area contributed by atoms with Crippen molar-refractivity contribution in [2.75, 3.05) is 24.1 Å². The second-order valence-electron chi connectivity index (χ2n) is 7.07. The number of ether oxygens (including phenoxy) is 3. The van der Waals surface area contributed by atoms with Crippen molar-refractivity contribution in [1.29, 1.82) is 0 Å². The van der Waals surface area contributed by atoms with Crippen molar-refractivity contribution < 1.29 is 28.2 Å². The molecule has 0 aromatic heterocycles. The Bertz CT molecular complexity index is 1290. The van der Waals surface area contributed by atoms with Gasteiger partial charge in [-0.15, -0.1) is 0 Å². The summed E-state index contributed by atoms with van der Waals surface area (Å²) in [6, 6.07) is 17.3. The molecule has 2 aliphatic heterocycles. The number of amides is 2. The molecule has 0 bridgehead atoms. The van der Waals surface area contributed by atoms with Gasteiger partial charge in [0.1, 0.15) is 17.3 Å². The van der Waals surface area contributed by atoms with Crippen molar-refractivity contribution in [3.8, 4) is 17.2 Å². The Hall–Kier alpha value is -4.33. The Balaban J connectivity index is 1.63. The van der Waals surface area contributed by atoms with Crippen LogP contribution >= 0.6 is 0 Å². The number of anilines is 2. The fourth-order valence-corrected chi connectivity index (χ4v) is 3.72. The van der Waals surface area contributed by atoms with Crippen LogP contribution < -0.4 is 24.4 Å². The zero-order chi connectivity index (χ0) is 22.2. The molecule has 3 aromatic carbocycles. The number of methoxy groups -OCH3 is 1. The lowest BCUT2D eigenvalue weighted by atomic mass is 10.0. The number of hydrogen-bond acceptors (Lipinski definition) is 6. The SMILES string of the molecule is COc1ccccc1C1=C(Nc2ccc3c(c2)OCO3)C(=O)N(c2cccc(F)c2)C1=O. The Labute approximate surface area is 182 Å². The van der Waals surface area contributed by atoms with Crippen molar-refractivity contribution in [3.63, 3.8) is 0 Å². The molecule has 5 rings (SSSR count). The van der Waals surface area contributed by atoms with Gasteiger partial charge in [-0.1, -0.05) is 24.3 Å². The van der Waals surface area contributed by atoms with Gasteiger partial charge in [-0.2, -0.15) is 0 Å². The van der Waals surface area contributed by atoms with Crippen molar-refractivity contribution >= 4 is 28.8 Å². The Morgan fingerprint density at radius 1 is 0.938 bits per heavy atom. The van der Waals surface area contributed by atoms with E-state index in [9.17, 15) is 14.0 Å². The minimum absolute atomic E-state index is 0.0441. The zero-order valence-electron chi connectivity index (χ0n) is 16.9. The van der Waals surface area contributed by atoms with Gasteiger partial charge in [0.25, 0.3) is 11.8 Å². The number of nitrogens with zero attached hydrogens (tertiary/aromatic N) is 1. The Morgan fingerprint density at radius 2 is 1.75 bits per heavy atom. The van der Waals surface area contributed by atoms with Crippen LogP contribution in [0, 0.1) is 5.82 Å². The van der Waals surface area contributed by atoms with Crippen LogP contribution in [0.5, 0.6) is 17.2 Å². The molecule has 0 spiro atoms. The number of fused-ring (bicyclic) bond motifs is 1. The predicted molar refractivity (Wildman–Crippen MR) is 115 cm³/mol. The summed E-state index contributed by atoms with van der Waals surface area (Å²) in [5, 5.41) is 3.05. The van der Waals surface area contributed by atoms with Gasteiger partial charge < -0.3 is 19.5 Å². The maximum absolute atomic E-state index is 13.9. The molecule has 7 nitrogen and oxygen atoms in total. The highest BCUT2D eigenvalue weighted by molar-refractivity contribution is 6.46. The van der Waals surface area contributed by atoms with Gasteiger partial charge in [0.05, 0.1) is 18.4 Å². The van der Waals surface area contributed by atoms with E-state index in [4.69, 9.17) is 14.2 Å². The quantitative estimate of drug-likeness (QED) is 0.615. The van der Waals surface area contributed by atoms with Crippen LogP contribution in [0.1, 0.15) is 5.56 Å². The highest BCUT2D eigenvalue weighted by atomic mass is 19.1. The molecule has 0 saturated heterocycles. The number of halogens is 1. The minimum Gasteiger partial charge on any atom is -0.496 e. The molecule has 0 fully saturated rings. The molecule has 2 aliphatic rings. The second-order valence-corrected chi connectivity index (χ2v) is 7.07. The van der Waals surface area contributed by atoms with Crippen LogP contribution in [0.2, 0.25) is 0 Å². The maximum atomic E-state index is 13.9. The van der Waals surface area contributed by atoms with Crippen molar-refractivity contribution in [1.82, 2.24) is 0 Å². The van der Waals surface area contributed by atoms with Gasteiger partial charge in [0.15, 0.2) is 11.5 Å². The van der Waals surface area contributed by atoms with Gasteiger partial charge in [-0.3, -0.25) is 9.59 Å². The summed E-state index contributed by atoms with van der Waals surface area (Å²) in [5.41, 5.74) is 1.27. The van der Waals surface area contributed by atoms with E-state index in [1.54, 1.807) is 42.5 Å². The number of benzene rings is 3. The summed E-state index contributed by atoms with van der Waals surface area (Å²) in [4.78, 5) is 27.8. The standard InChI is InChI=1S/C24H17FN2O5/c1-30-18-8-3-2-7-17(18)21-22(26-15-9-10-19-20(12-15)32-13-31-19)24(29)27(23(21)28)16-6-4-5-14(25)11-16/h2-12,26H,13H2,1H3. The van der Waals surface area contributed by atoms with Crippen LogP contribution in [0.3, 0.4) is 0 Å². The normalized spacial score (nSPS) is 14.9. The highest BCUT2D eigenvalue weighted by Crippen LogP contribution is 2.39. The molecule has 2 amide bonds. The number of carbonyl (C=O) groups excluding carboxylic acids is 2. The van der Waals surface area contributed by atoms with E-state index in [0.717, 1.165) is 11.0 Å². The topological polar surface area (TPSA) is 77.1 Å². The van der Waals surface area contributed by atoms with Crippen molar-refractivity contribution in [2.24, 2.45) is 0 Å². The molecule has 3 aromatic rings. The number of imide groups is 1. The third kappa shape index (κ3) is 3.22. The van der Waals surface area contributed by atoms with Crippen LogP contribution in [-0.2, 0) is 9.59 Å². The first-order valence-corrected chi connectivity index (χ1v) is 9.75.